The Morgan fingerprint density at radius 1 is 1.38 bits per heavy atom. The Morgan fingerprint density at radius 3 is 2.71 bits per heavy atom. The van der Waals surface area contributed by atoms with E-state index in [4.69, 9.17) is 11.6 Å². The molecule has 21 heavy (non-hydrogen) atoms. The molecule has 1 heterocycles. The number of nitrogens with one attached hydrogen (secondary N) is 1. The van der Waals surface area contributed by atoms with Crippen molar-refractivity contribution in [2.24, 2.45) is 5.92 Å². The predicted octanol–water partition coefficient (Wildman–Crippen LogP) is 3.81. The van der Waals surface area contributed by atoms with E-state index in [0.717, 1.165) is 43.9 Å². The Kier molecular flexibility index (Phi) is 4.12. The molecule has 1 saturated heterocycles. The van der Waals surface area contributed by atoms with E-state index in [0.29, 0.717) is 5.92 Å². The van der Waals surface area contributed by atoms with E-state index in [1.54, 1.807) is 0 Å². The van der Waals surface area contributed by atoms with Crippen LogP contribution in [0.25, 0.3) is 0 Å². The molecule has 0 spiro atoms. The Bertz CT molecular complexity index is 510. The molecule has 2 aliphatic rings. The lowest BCUT2D eigenvalue weighted by Gasteiger charge is -2.31. The first-order chi connectivity index (χ1) is 10.1. The first-order valence-electron chi connectivity index (χ1n) is 7.88. The van der Waals surface area contributed by atoms with Crippen molar-refractivity contribution in [3.05, 3.63) is 34.9 Å². The Labute approximate surface area is 131 Å². The van der Waals surface area contributed by atoms with Gasteiger partial charge in [0.05, 0.1) is 0 Å². The van der Waals surface area contributed by atoms with Crippen LogP contribution in [0.3, 0.4) is 0 Å². The molecule has 1 unspecified atom stereocenters. The third kappa shape index (κ3) is 3.34. The van der Waals surface area contributed by atoms with Crippen molar-refractivity contribution < 1.29 is 4.79 Å². The standard InChI is InChI=1S/C17H23ClN2O/c1-13-3-2-10-20(11-13)16(21)19-12-17(8-9-17)14-4-6-15(18)7-5-14/h4-7,13H,2-3,8-12H2,1H3,(H,19,21). The number of rotatable bonds is 3. The highest BCUT2D eigenvalue weighted by atomic mass is 35.5. The number of amides is 2. The van der Waals surface area contributed by atoms with E-state index in [1.807, 2.05) is 17.0 Å². The zero-order chi connectivity index (χ0) is 14.9. The van der Waals surface area contributed by atoms with Crippen LogP contribution in [0.15, 0.2) is 24.3 Å². The summed E-state index contributed by atoms with van der Waals surface area (Å²) in [6.45, 7) is 4.73. The molecule has 1 aliphatic carbocycles. The van der Waals surface area contributed by atoms with Gasteiger partial charge in [0.25, 0.3) is 0 Å². The molecule has 1 aromatic rings. The molecule has 1 saturated carbocycles. The molecule has 1 aromatic carbocycles. The maximum absolute atomic E-state index is 12.3. The number of carbonyl (C=O) groups is 1. The number of hydrogen-bond donors (Lipinski definition) is 1. The average molecular weight is 307 g/mol. The lowest BCUT2D eigenvalue weighted by Crippen LogP contribution is -2.46. The van der Waals surface area contributed by atoms with Gasteiger partial charge in [-0.3, -0.25) is 0 Å². The molecule has 2 amide bonds. The Balaban J connectivity index is 1.57. The molecule has 114 valence electrons. The van der Waals surface area contributed by atoms with E-state index in [9.17, 15) is 4.79 Å². The van der Waals surface area contributed by atoms with Gasteiger partial charge in [0.2, 0.25) is 0 Å². The summed E-state index contributed by atoms with van der Waals surface area (Å²) in [6, 6.07) is 8.15. The number of urea groups is 1. The van der Waals surface area contributed by atoms with E-state index >= 15 is 0 Å². The summed E-state index contributed by atoms with van der Waals surface area (Å²) >= 11 is 5.95. The fourth-order valence-corrected chi connectivity index (χ4v) is 3.38. The molecule has 1 atom stereocenters. The van der Waals surface area contributed by atoms with Gasteiger partial charge in [-0.1, -0.05) is 30.7 Å². The molecule has 0 bridgehead atoms. The van der Waals surface area contributed by atoms with Gasteiger partial charge in [-0.15, -0.1) is 0 Å². The molecule has 4 heteroatoms. The fourth-order valence-electron chi connectivity index (χ4n) is 3.25. The van der Waals surface area contributed by atoms with Crippen molar-refractivity contribution in [1.82, 2.24) is 10.2 Å². The van der Waals surface area contributed by atoms with Gasteiger partial charge >= 0.3 is 6.03 Å². The van der Waals surface area contributed by atoms with E-state index in [-0.39, 0.29) is 11.4 Å². The summed E-state index contributed by atoms with van der Waals surface area (Å²) in [5.74, 6) is 0.621. The van der Waals surface area contributed by atoms with Crippen molar-refractivity contribution in [3.63, 3.8) is 0 Å². The van der Waals surface area contributed by atoms with Gasteiger partial charge in [0.1, 0.15) is 0 Å². The number of benzene rings is 1. The van der Waals surface area contributed by atoms with Crippen LogP contribution in [0.5, 0.6) is 0 Å². The summed E-state index contributed by atoms with van der Waals surface area (Å²) in [4.78, 5) is 14.3. The average Bonchev–Trinajstić information content (AvgIpc) is 3.27. The first-order valence-corrected chi connectivity index (χ1v) is 8.26. The van der Waals surface area contributed by atoms with Crippen LogP contribution in [0.4, 0.5) is 4.79 Å². The number of nitrogens with zero attached hydrogens (tertiary/aromatic N) is 1. The van der Waals surface area contributed by atoms with Crippen LogP contribution < -0.4 is 5.32 Å². The third-order valence-corrected chi connectivity index (χ3v) is 5.08. The number of hydrogen-bond acceptors (Lipinski definition) is 1. The molecule has 3 nitrogen and oxygen atoms in total. The van der Waals surface area contributed by atoms with Crippen LogP contribution in [-0.2, 0) is 5.41 Å². The van der Waals surface area contributed by atoms with Gasteiger partial charge < -0.3 is 10.2 Å². The maximum atomic E-state index is 12.3. The van der Waals surface area contributed by atoms with Crippen molar-refractivity contribution in [1.29, 1.82) is 0 Å². The van der Waals surface area contributed by atoms with E-state index in [2.05, 4.69) is 24.4 Å². The topological polar surface area (TPSA) is 32.3 Å². The number of piperidine rings is 1. The van der Waals surface area contributed by atoms with Gasteiger partial charge in [0, 0.05) is 30.1 Å². The lowest BCUT2D eigenvalue weighted by atomic mass is 9.96. The summed E-state index contributed by atoms with van der Waals surface area (Å²) in [6.07, 6.45) is 4.64. The second-order valence-corrected chi connectivity index (χ2v) is 7.08. The number of likely N-dealkylation sites (tertiary alicyclic amines) is 1. The monoisotopic (exact) mass is 306 g/mol. The van der Waals surface area contributed by atoms with Crippen LogP contribution >= 0.6 is 11.6 Å². The minimum absolute atomic E-state index is 0.0989. The summed E-state index contributed by atoms with van der Waals surface area (Å²) < 4.78 is 0. The van der Waals surface area contributed by atoms with E-state index < -0.39 is 0 Å². The van der Waals surface area contributed by atoms with Crippen molar-refractivity contribution in [2.75, 3.05) is 19.6 Å². The largest absolute Gasteiger partial charge is 0.337 e. The van der Waals surface area contributed by atoms with Gasteiger partial charge in [-0.25, -0.2) is 4.79 Å². The second kappa shape index (κ2) is 5.88. The lowest BCUT2D eigenvalue weighted by molar-refractivity contribution is 0.169. The molecular formula is C17H23ClN2O. The quantitative estimate of drug-likeness (QED) is 0.905. The molecule has 0 radical (unpaired) electrons. The van der Waals surface area contributed by atoms with Crippen LogP contribution in [0, 0.1) is 5.92 Å². The van der Waals surface area contributed by atoms with Crippen LogP contribution in [-0.4, -0.2) is 30.6 Å². The Morgan fingerprint density at radius 2 is 2.10 bits per heavy atom. The fraction of sp³-hybridized carbons (Fsp3) is 0.588. The predicted molar refractivity (Wildman–Crippen MR) is 85.7 cm³/mol. The van der Waals surface area contributed by atoms with Gasteiger partial charge in [-0.2, -0.15) is 0 Å². The zero-order valence-electron chi connectivity index (χ0n) is 12.6. The molecule has 0 aromatic heterocycles. The highest BCUT2D eigenvalue weighted by Crippen LogP contribution is 2.47. The maximum Gasteiger partial charge on any atom is 0.317 e. The summed E-state index contributed by atoms with van der Waals surface area (Å²) in [5, 5.41) is 3.91. The van der Waals surface area contributed by atoms with Crippen molar-refractivity contribution in [2.45, 2.75) is 38.0 Å². The highest BCUT2D eigenvalue weighted by Gasteiger charge is 2.44. The minimum Gasteiger partial charge on any atom is -0.337 e. The third-order valence-electron chi connectivity index (χ3n) is 4.83. The number of carbonyl (C=O) groups excluding carboxylic acids is 1. The molecule has 1 aliphatic heterocycles. The van der Waals surface area contributed by atoms with Crippen molar-refractivity contribution >= 4 is 17.6 Å². The van der Waals surface area contributed by atoms with Crippen molar-refractivity contribution in [3.8, 4) is 0 Å². The highest BCUT2D eigenvalue weighted by molar-refractivity contribution is 6.30. The summed E-state index contributed by atoms with van der Waals surface area (Å²) in [5.41, 5.74) is 1.43. The van der Waals surface area contributed by atoms with Crippen LogP contribution in [0.2, 0.25) is 5.02 Å². The summed E-state index contributed by atoms with van der Waals surface area (Å²) in [7, 11) is 0. The molecule has 2 fully saturated rings. The van der Waals surface area contributed by atoms with E-state index in [1.165, 1.54) is 12.0 Å². The SMILES string of the molecule is CC1CCCN(C(=O)NCC2(c3ccc(Cl)cc3)CC2)C1. The second-order valence-electron chi connectivity index (χ2n) is 6.64. The number of halogens is 1. The first kappa shape index (κ1) is 14.7. The zero-order valence-corrected chi connectivity index (χ0v) is 13.3. The normalized spacial score (nSPS) is 23.7. The molecular weight excluding hydrogens is 284 g/mol. The minimum atomic E-state index is 0.0989. The van der Waals surface area contributed by atoms with Crippen LogP contribution in [0.1, 0.15) is 38.2 Å². The molecule has 3 rings (SSSR count). The molecule has 1 N–H and O–H groups in total. The van der Waals surface area contributed by atoms with Gasteiger partial charge in [-0.05, 0) is 49.3 Å². The van der Waals surface area contributed by atoms with Gasteiger partial charge in [0.15, 0.2) is 0 Å². The Hall–Kier alpha value is -1.22. The smallest absolute Gasteiger partial charge is 0.317 e.